The normalized spacial score (nSPS) is 10.3. The highest BCUT2D eigenvalue weighted by Crippen LogP contribution is 2.13. The lowest BCUT2D eigenvalue weighted by Gasteiger charge is -2.07. The first-order valence-corrected chi connectivity index (χ1v) is 6.20. The van der Waals surface area contributed by atoms with Crippen molar-refractivity contribution in [3.8, 4) is 0 Å². The Hall–Kier alpha value is -2.41. The van der Waals surface area contributed by atoms with E-state index >= 15 is 0 Å². The number of nitrogens with one attached hydrogen (secondary N) is 2. The fourth-order valence-electron chi connectivity index (χ4n) is 1.72. The van der Waals surface area contributed by atoms with Crippen molar-refractivity contribution in [1.82, 2.24) is 14.8 Å². The molecule has 7 nitrogen and oxygen atoms in total. The lowest BCUT2D eigenvalue weighted by Crippen LogP contribution is -2.14. The van der Waals surface area contributed by atoms with Gasteiger partial charge in [-0.05, 0) is 12.1 Å². The van der Waals surface area contributed by atoms with E-state index in [0.717, 1.165) is 0 Å². The van der Waals surface area contributed by atoms with Gasteiger partial charge in [0.25, 0.3) is 5.91 Å². The van der Waals surface area contributed by atoms with E-state index in [4.69, 9.17) is 4.74 Å². The minimum absolute atomic E-state index is 0.228. The van der Waals surface area contributed by atoms with Crippen molar-refractivity contribution in [2.24, 2.45) is 0 Å². The van der Waals surface area contributed by atoms with Gasteiger partial charge in [0.05, 0.1) is 30.6 Å². The van der Waals surface area contributed by atoms with Gasteiger partial charge in [0.15, 0.2) is 0 Å². The molecule has 2 N–H and O–H groups in total. The second-order valence-corrected chi connectivity index (χ2v) is 4.09. The van der Waals surface area contributed by atoms with Gasteiger partial charge in [-0.1, -0.05) is 0 Å². The van der Waals surface area contributed by atoms with Crippen molar-refractivity contribution in [2.75, 3.05) is 31.4 Å². The number of hydrogen-bond acceptors (Lipinski definition) is 5. The number of carbonyl (C=O) groups is 1. The molecule has 0 aliphatic heterocycles. The number of ether oxygens (including phenoxy) is 1. The molecule has 0 radical (unpaired) electrons. The molecule has 2 aromatic heterocycles. The molecule has 0 bridgehead atoms. The van der Waals surface area contributed by atoms with Crippen molar-refractivity contribution in [3.05, 3.63) is 36.3 Å². The van der Waals surface area contributed by atoms with E-state index in [2.05, 4.69) is 20.7 Å². The first-order valence-electron chi connectivity index (χ1n) is 6.20. The van der Waals surface area contributed by atoms with E-state index in [1.165, 1.54) is 0 Å². The molecule has 0 saturated carbocycles. The van der Waals surface area contributed by atoms with Crippen molar-refractivity contribution < 1.29 is 9.53 Å². The Morgan fingerprint density at radius 3 is 3.10 bits per heavy atom. The predicted molar refractivity (Wildman–Crippen MR) is 75.8 cm³/mol. The van der Waals surface area contributed by atoms with Gasteiger partial charge in [0, 0.05) is 26.6 Å². The number of aromatic nitrogens is 3. The summed E-state index contributed by atoms with van der Waals surface area (Å²) >= 11 is 0. The van der Waals surface area contributed by atoms with Crippen LogP contribution in [0.15, 0.2) is 30.7 Å². The lowest BCUT2D eigenvalue weighted by atomic mass is 10.2. The van der Waals surface area contributed by atoms with Gasteiger partial charge in [0.1, 0.15) is 5.82 Å². The largest absolute Gasteiger partial charge is 0.383 e. The summed E-state index contributed by atoms with van der Waals surface area (Å²) in [7, 11) is 3.36. The number of nitrogens with zero attached hydrogens (tertiary/aromatic N) is 3. The maximum atomic E-state index is 12.2. The Balaban J connectivity index is 2.05. The molecule has 20 heavy (non-hydrogen) atoms. The van der Waals surface area contributed by atoms with Crippen LogP contribution in [0.2, 0.25) is 0 Å². The van der Waals surface area contributed by atoms with Gasteiger partial charge < -0.3 is 15.4 Å². The van der Waals surface area contributed by atoms with E-state index in [0.29, 0.717) is 30.2 Å². The molecular weight excluding hydrogens is 258 g/mol. The molecule has 0 aliphatic rings. The summed E-state index contributed by atoms with van der Waals surface area (Å²) in [6.45, 7) is 1.21. The third kappa shape index (κ3) is 3.33. The Kier molecular flexibility index (Phi) is 4.67. The highest BCUT2D eigenvalue weighted by atomic mass is 16.5. The maximum Gasteiger partial charge on any atom is 0.259 e. The summed E-state index contributed by atoms with van der Waals surface area (Å²) in [6, 6.07) is 3.43. The molecule has 0 atom stereocenters. The van der Waals surface area contributed by atoms with Crippen molar-refractivity contribution in [1.29, 1.82) is 0 Å². The van der Waals surface area contributed by atoms with Crippen LogP contribution < -0.4 is 10.6 Å². The molecule has 0 spiro atoms. The lowest BCUT2D eigenvalue weighted by molar-refractivity contribution is 0.102. The summed E-state index contributed by atoms with van der Waals surface area (Å²) in [4.78, 5) is 16.3. The summed E-state index contributed by atoms with van der Waals surface area (Å²) in [5.74, 6) is 0.311. The van der Waals surface area contributed by atoms with Crippen LogP contribution in [-0.4, -0.2) is 41.4 Å². The monoisotopic (exact) mass is 275 g/mol. The molecule has 2 aromatic rings. The van der Waals surface area contributed by atoms with Crippen LogP contribution in [0.1, 0.15) is 10.4 Å². The van der Waals surface area contributed by atoms with Gasteiger partial charge in [-0.25, -0.2) is 4.98 Å². The summed E-state index contributed by atoms with van der Waals surface area (Å²) in [5, 5.41) is 9.81. The first kappa shape index (κ1) is 14.0. The Morgan fingerprint density at radius 1 is 1.50 bits per heavy atom. The van der Waals surface area contributed by atoms with E-state index in [1.54, 1.807) is 49.6 Å². The molecule has 7 heteroatoms. The van der Waals surface area contributed by atoms with E-state index in [1.807, 2.05) is 0 Å². The molecule has 0 aromatic carbocycles. The van der Waals surface area contributed by atoms with Gasteiger partial charge in [0.2, 0.25) is 0 Å². The minimum atomic E-state index is -0.228. The number of amides is 1. The summed E-state index contributed by atoms with van der Waals surface area (Å²) in [6.07, 6.45) is 4.99. The smallest absolute Gasteiger partial charge is 0.259 e. The average Bonchev–Trinajstić information content (AvgIpc) is 2.92. The zero-order valence-corrected chi connectivity index (χ0v) is 11.5. The van der Waals surface area contributed by atoms with Crippen molar-refractivity contribution in [2.45, 2.75) is 6.54 Å². The van der Waals surface area contributed by atoms with Crippen LogP contribution >= 0.6 is 0 Å². The molecule has 0 fully saturated rings. The van der Waals surface area contributed by atoms with Crippen LogP contribution in [0.3, 0.4) is 0 Å². The van der Waals surface area contributed by atoms with E-state index in [9.17, 15) is 4.79 Å². The first-order chi connectivity index (χ1) is 9.74. The number of rotatable bonds is 6. The summed E-state index contributed by atoms with van der Waals surface area (Å²) < 4.78 is 6.68. The van der Waals surface area contributed by atoms with Gasteiger partial charge in [-0.3, -0.25) is 9.48 Å². The van der Waals surface area contributed by atoms with Crippen molar-refractivity contribution >= 4 is 17.4 Å². The predicted octanol–water partition coefficient (Wildman–Crippen LogP) is 1.22. The molecule has 2 rings (SSSR count). The van der Waals surface area contributed by atoms with Crippen LogP contribution in [0.5, 0.6) is 0 Å². The second kappa shape index (κ2) is 6.67. The molecule has 0 unspecified atom stereocenters. The molecular formula is C13H17N5O2. The van der Waals surface area contributed by atoms with Crippen LogP contribution in [0.25, 0.3) is 0 Å². The Labute approximate surface area is 117 Å². The number of anilines is 2. The van der Waals surface area contributed by atoms with Crippen LogP contribution in [0, 0.1) is 0 Å². The standard InChI is InChI=1S/C13H17N5O2/c1-14-12-11(4-3-5-15-12)13(19)17-10-8-16-18(9-10)6-7-20-2/h3-5,8-9H,6-7H2,1-2H3,(H,14,15)(H,17,19). The highest BCUT2D eigenvalue weighted by molar-refractivity contribution is 6.07. The van der Waals surface area contributed by atoms with Crippen LogP contribution in [-0.2, 0) is 11.3 Å². The third-order valence-electron chi connectivity index (χ3n) is 2.70. The third-order valence-corrected chi connectivity index (χ3v) is 2.70. The van der Waals surface area contributed by atoms with Gasteiger partial charge in [-0.15, -0.1) is 0 Å². The maximum absolute atomic E-state index is 12.2. The zero-order valence-electron chi connectivity index (χ0n) is 11.5. The molecule has 1 amide bonds. The van der Waals surface area contributed by atoms with E-state index in [-0.39, 0.29) is 5.91 Å². The minimum Gasteiger partial charge on any atom is -0.383 e. The molecule has 2 heterocycles. The number of pyridine rings is 1. The zero-order chi connectivity index (χ0) is 14.4. The molecule has 0 saturated heterocycles. The number of methoxy groups -OCH3 is 1. The highest BCUT2D eigenvalue weighted by Gasteiger charge is 2.12. The number of hydrogen-bond donors (Lipinski definition) is 2. The quantitative estimate of drug-likeness (QED) is 0.828. The molecule has 106 valence electrons. The number of carbonyl (C=O) groups excluding carboxylic acids is 1. The van der Waals surface area contributed by atoms with Crippen molar-refractivity contribution in [3.63, 3.8) is 0 Å². The van der Waals surface area contributed by atoms with Crippen LogP contribution in [0.4, 0.5) is 11.5 Å². The summed E-state index contributed by atoms with van der Waals surface area (Å²) in [5.41, 5.74) is 1.12. The Morgan fingerprint density at radius 2 is 2.35 bits per heavy atom. The molecule has 0 aliphatic carbocycles. The topological polar surface area (TPSA) is 81.1 Å². The Bertz CT molecular complexity index is 582. The van der Waals surface area contributed by atoms with Gasteiger partial charge >= 0.3 is 0 Å². The van der Waals surface area contributed by atoms with Gasteiger partial charge in [-0.2, -0.15) is 5.10 Å². The van der Waals surface area contributed by atoms with E-state index < -0.39 is 0 Å². The average molecular weight is 275 g/mol. The second-order valence-electron chi connectivity index (χ2n) is 4.09. The fourth-order valence-corrected chi connectivity index (χ4v) is 1.72. The fraction of sp³-hybridized carbons (Fsp3) is 0.308. The SMILES string of the molecule is CNc1ncccc1C(=O)Nc1cnn(CCOC)c1.